The maximum absolute atomic E-state index is 3.56. The van der Waals surface area contributed by atoms with E-state index in [-0.39, 0.29) is 5.54 Å². The van der Waals surface area contributed by atoms with Gasteiger partial charge in [-0.3, -0.25) is 0 Å². The topological polar surface area (TPSA) is 15.3 Å². The molecule has 1 aliphatic rings. The first-order chi connectivity index (χ1) is 7.38. The highest BCUT2D eigenvalue weighted by molar-refractivity contribution is 4.77. The van der Waals surface area contributed by atoms with Crippen LogP contribution in [0, 0.1) is 5.92 Å². The van der Waals surface area contributed by atoms with Gasteiger partial charge < -0.3 is 10.2 Å². The number of hydrogen-bond acceptors (Lipinski definition) is 2. The summed E-state index contributed by atoms with van der Waals surface area (Å²) in [5.41, 5.74) is 0.269. The molecule has 1 saturated heterocycles. The zero-order valence-electron chi connectivity index (χ0n) is 11.8. The lowest BCUT2D eigenvalue weighted by molar-refractivity contribution is 0.234. The van der Waals surface area contributed by atoms with Gasteiger partial charge in [-0.15, -0.1) is 0 Å². The van der Waals surface area contributed by atoms with Crippen LogP contribution in [0.1, 0.15) is 53.9 Å². The standard InChI is InChI=1S/C14H30N2/c1-12-8-10-16(11-12)13(2)7-6-9-15-14(3,4)5/h12-13,15H,6-11H2,1-5H3. The molecule has 1 aliphatic heterocycles. The van der Waals surface area contributed by atoms with Crippen LogP contribution in [0.15, 0.2) is 0 Å². The maximum atomic E-state index is 3.56. The van der Waals surface area contributed by atoms with Crippen LogP contribution in [0.5, 0.6) is 0 Å². The summed E-state index contributed by atoms with van der Waals surface area (Å²) >= 11 is 0. The van der Waals surface area contributed by atoms with Crippen LogP contribution in [-0.2, 0) is 0 Å². The van der Waals surface area contributed by atoms with Gasteiger partial charge in [-0.05, 0) is 66.0 Å². The highest BCUT2D eigenvalue weighted by Crippen LogP contribution is 2.19. The van der Waals surface area contributed by atoms with Crippen molar-refractivity contribution in [2.75, 3.05) is 19.6 Å². The smallest absolute Gasteiger partial charge is 0.00965 e. The van der Waals surface area contributed by atoms with Crippen molar-refractivity contribution in [2.24, 2.45) is 5.92 Å². The largest absolute Gasteiger partial charge is 0.312 e. The van der Waals surface area contributed by atoms with E-state index in [0.717, 1.165) is 18.5 Å². The van der Waals surface area contributed by atoms with E-state index in [1.54, 1.807) is 0 Å². The van der Waals surface area contributed by atoms with Crippen LogP contribution < -0.4 is 5.32 Å². The molecule has 0 amide bonds. The molecular formula is C14H30N2. The fourth-order valence-electron chi connectivity index (χ4n) is 2.41. The fraction of sp³-hybridized carbons (Fsp3) is 1.00. The SMILES string of the molecule is CC1CCN(C(C)CCCNC(C)(C)C)C1. The third-order valence-electron chi connectivity index (χ3n) is 3.53. The van der Waals surface area contributed by atoms with E-state index >= 15 is 0 Å². The van der Waals surface area contributed by atoms with Crippen molar-refractivity contribution in [2.45, 2.75) is 65.5 Å². The van der Waals surface area contributed by atoms with Crippen molar-refractivity contribution in [3.8, 4) is 0 Å². The highest BCUT2D eigenvalue weighted by Gasteiger charge is 2.22. The van der Waals surface area contributed by atoms with Crippen LogP contribution in [0.2, 0.25) is 0 Å². The summed E-state index contributed by atoms with van der Waals surface area (Å²) < 4.78 is 0. The summed E-state index contributed by atoms with van der Waals surface area (Å²) in [5.74, 6) is 0.912. The lowest BCUT2D eigenvalue weighted by Gasteiger charge is -2.25. The zero-order valence-corrected chi connectivity index (χ0v) is 11.8. The van der Waals surface area contributed by atoms with Crippen LogP contribution in [-0.4, -0.2) is 36.1 Å². The van der Waals surface area contributed by atoms with Crippen LogP contribution >= 0.6 is 0 Å². The molecule has 16 heavy (non-hydrogen) atoms. The molecule has 1 rings (SSSR count). The molecular weight excluding hydrogens is 196 g/mol. The number of likely N-dealkylation sites (tertiary alicyclic amines) is 1. The van der Waals surface area contributed by atoms with Crippen molar-refractivity contribution in [1.29, 1.82) is 0 Å². The molecule has 0 bridgehead atoms. The number of rotatable bonds is 5. The lowest BCUT2D eigenvalue weighted by Crippen LogP contribution is -2.37. The highest BCUT2D eigenvalue weighted by atomic mass is 15.2. The molecule has 2 unspecified atom stereocenters. The summed E-state index contributed by atoms with van der Waals surface area (Å²) in [5, 5.41) is 3.56. The molecule has 0 aromatic rings. The molecule has 96 valence electrons. The molecule has 0 saturated carbocycles. The summed E-state index contributed by atoms with van der Waals surface area (Å²) in [6, 6.07) is 0.770. The Kier molecular flexibility index (Phi) is 5.26. The molecule has 0 aromatic heterocycles. The maximum Gasteiger partial charge on any atom is 0.00965 e. The third-order valence-corrected chi connectivity index (χ3v) is 3.53. The first-order valence-electron chi connectivity index (χ1n) is 6.87. The molecule has 1 N–H and O–H groups in total. The Morgan fingerprint density at radius 1 is 1.38 bits per heavy atom. The Balaban J connectivity index is 2.09. The van der Waals surface area contributed by atoms with E-state index in [1.807, 2.05) is 0 Å². The third kappa shape index (κ3) is 5.31. The van der Waals surface area contributed by atoms with Gasteiger partial charge in [0.15, 0.2) is 0 Å². The molecule has 0 aliphatic carbocycles. The van der Waals surface area contributed by atoms with E-state index in [1.165, 1.54) is 32.4 Å². The van der Waals surface area contributed by atoms with Gasteiger partial charge in [0.05, 0.1) is 0 Å². The Bertz CT molecular complexity index is 195. The average molecular weight is 226 g/mol. The Morgan fingerprint density at radius 2 is 2.06 bits per heavy atom. The van der Waals surface area contributed by atoms with Crippen molar-refractivity contribution in [3.05, 3.63) is 0 Å². The summed E-state index contributed by atoms with van der Waals surface area (Å²) in [7, 11) is 0. The molecule has 2 atom stereocenters. The minimum Gasteiger partial charge on any atom is -0.312 e. The van der Waals surface area contributed by atoms with E-state index in [4.69, 9.17) is 0 Å². The number of nitrogens with one attached hydrogen (secondary N) is 1. The average Bonchev–Trinajstić information content (AvgIpc) is 2.57. The predicted octanol–water partition coefficient (Wildman–Crippen LogP) is 2.89. The van der Waals surface area contributed by atoms with Gasteiger partial charge in [0.2, 0.25) is 0 Å². The number of hydrogen-bond donors (Lipinski definition) is 1. The van der Waals surface area contributed by atoms with E-state index < -0.39 is 0 Å². The molecule has 1 fully saturated rings. The predicted molar refractivity (Wildman–Crippen MR) is 71.8 cm³/mol. The van der Waals surface area contributed by atoms with Crippen LogP contribution in [0.25, 0.3) is 0 Å². The minimum atomic E-state index is 0.269. The monoisotopic (exact) mass is 226 g/mol. The van der Waals surface area contributed by atoms with Gasteiger partial charge in [-0.25, -0.2) is 0 Å². The van der Waals surface area contributed by atoms with Gasteiger partial charge in [-0.2, -0.15) is 0 Å². The van der Waals surface area contributed by atoms with E-state index in [0.29, 0.717) is 0 Å². The van der Waals surface area contributed by atoms with Gasteiger partial charge in [0.25, 0.3) is 0 Å². The van der Waals surface area contributed by atoms with Gasteiger partial charge >= 0.3 is 0 Å². The van der Waals surface area contributed by atoms with Crippen LogP contribution in [0.4, 0.5) is 0 Å². The summed E-state index contributed by atoms with van der Waals surface area (Å²) in [6.07, 6.45) is 4.02. The number of nitrogens with zero attached hydrogens (tertiary/aromatic N) is 1. The Morgan fingerprint density at radius 3 is 2.56 bits per heavy atom. The lowest BCUT2D eigenvalue weighted by atomic mass is 10.1. The summed E-state index contributed by atoms with van der Waals surface area (Å²) in [6.45, 7) is 15.2. The van der Waals surface area contributed by atoms with Crippen molar-refractivity contribution >= 4 is 0 Å². The van der Waals surface area contributed by atoms with Crippen molar-refractivity contribution in [1.82, 2.24) is 10.2 Å². The molecule has 0 aromatic carbocycles. The van der Waals surface area contributed by atoms with Gasteiger partial charge in [0.1, 0.15) is 0 Å². The molecule has 0 radical (unpaired) electrons. The second-order valence-electron chi connectivity index (χ2n) is 6.56. The second-order valence-corrected chi connectivity index (χ2v) is 6.56. The van der Waals surface area contributed by atoms with Crippen molar-refractivity contribution in [3.63, 3.8) is 0 Å². The van der Waals surface area contributed by atoms with Gasteiger partial charge in [-0.1, -0.05) is 6.92 Å². The molecule has 2 nitrogen and oxygen atoms in total. The molecule has 0 spiro atoms. The minimum absolute atomic E-state index is 0.269. The summed E-state index contributed by atoms with van der Waals surface area (Å²) in [4.78, 5) is 2.65. The Hall–Kier alpha value is -0.0800. The van der Waals surface area contributed by atoms with Crippen molar-refractivity contribution < 1.29 is 0 Å². The zero-order chi connectivity index (χ0) is 12.2. The van der Waals surface area contributed by atoms with Crippen LogP contribution in [0.3, 0.4) is 0 Å². The van der Waals surface area contributed by atoms with Gasteiger partial charge in [0, 0.05) is 18.1 Å². The normalized spacial score (nSPS) is 24.9. The van der Waals surface area contributed by atoms with E-state index in [2.05, 4.69) is 44.8 Å². The first kappa shape index (κ1) is 14.0. The quantitative estimate of drug-likeness (QED) is 0.725. The Labute approximate surface area is 102 Å². The molecule has 1 heterocycles. The van der Waals surface area contributed by atoms with E-state index in [9.17, 15) is 0 Å². The molecule has 2 heteroatoms. The second kappa shape index (κ2) is 6.02. The first-order valence-corrected chi connectivity index (χ1v) is 6.87. The fourth-order valence-corrected chi connectivity index (χ4v) is 2.41.